The zero-order valence-electron chi connectivity index (χ0n) is 11.8. The first-order valence-electron chi connectivity index (χ1n) is 6.98. The Bertz CT molecular complexity index is 730. The molecule has 0 aliphatic heterocycles. The van der Waals surface area contributed by atoms with Crippen molar-refractivity contribution >= 4 is 21.9 Å². The highest BCUT2D eigenvalue weighted by Gasteiger charge is 2.12. The van der Waals surface area contributed by atoms with Crippen LogP contribution in [-0.4, -0.2) is 17.7 Å². The predicted octanol–water partition coefficient (Wildman–Crippen LogP) is 3.62. The molecule has 3 rings (SSSR count). The minimum absolute atomic E-state index is 0.364. The maximum atomic E-state index is 10.2. The monoisotopic (exact) mass is 269 g/mol. The molecule has 1 aromatic heterocycles. The third-order valence-corrected chi connectivity index (χ3v) is 3.50. The van der Waals surface area contributed by atoms with Gasteiger partial charge in [-0.2, -0.15) is 0 Å². The summed E-state index contributed by atoms with van der Waals surface area (Å²) in [6, 6.07) is 14.2. The molecule has 1 atom stereocenters. The number of rotatable bonds is 4. The van der Waals surface area contributed by atoms with E-state index in [-0.39, 0.29) is 0 Å². The van der Waals surface area contributed by atoms with Crippen LogP contribution in [0.4, 0.5) is 0 Å². The average molecular weight is 269 g/mol. The molecule has 0 bridgehead atoms. The second kappa shape index (κ2) is 5.27. The lowest BCUT2D eigenvalue weighted by Gasteiger charge is -2.14. The summed E-state index contributed by atoms with van der Waals surface area (Å²) in [6.45, 7) is 4.69. The number of benzene rings is 2. The van der Waals surface area contributed by atoms with E-state index < -0.39 is 6.10 Å². The molecule has 0 saturated heterocycles. The van der Waals surface area contributed by atoms with Crippen molar-refractivity contribution in [1.29, 1.82) is 0 Å². The van der Waals surface area contributed by atoms with Gasteiger partial charge in [-0.25, -0.2) is 0 Å². The van der Waals surface area contributed by atoms with Gasteiger partial charge >= 0.3 is 0 Å². The maximum Gasteiger partial charge on any atom is 0.135 e. The molecule has 104 valence electrons. The standard InChI is InChI=1S/C17H19NO2/c1-11(2)18-10-15(19)12-7-8-17-14(9-12)13-5-3-4-6-16(13)20-17/h3-9,11,15,18-19H,10H2,1-2H3. The van der Waals surface area contributed by atoms with Crippen molar-refractivity contribution in [1.82, 2.24) is 5.32 Å². The van der Waals surface area contributed by atoms with Gasteiger partial charge in [0.1, 0.15) is 11.2 Å². The van der Waals surface area contributed by atoms with E-state index in [2.05, 4.69) is 19.2 Å². The number of para-hydroxylation sites is 1. The maximum absolute atomic E-state index is 10.2. The second-order valence-electron chi connectivity index (χ2n) is 5.43. The topological polar surface area (TPSA) is 45.4 Å². The molecule has 0 fully saturated rings. The van der Waals surface area contributed by atoms with Crippen LogP contribution in [0.1, 0.15) is 25.5 Å². The van der Waals surface area contributed by atoms with E-state index in [1.54, 1.807) is 0 Å². The van der Waals surface area contributed by atoms with E-state index >= 15 is 0 Å². The Balaban J connectivity index is 1.99. The van der Waals surface area contributed by atoms with Crippen LogP contribution in [0.2, 0.25) is 0 Å². The highest BCUT2D eigenvalue weighted by atomic mass is 16.3. The van der Waals surface area contributed by atoms with Crippen LogP contribution in [-0.2, 0) is 0 Å². The van der Waals surface area contributed by atoms with Crippen molar-refractivity contribution in [2.24, 2.45) is 0 Å². The van der Waals surface area contributed by atoms with Gasteiger partial charge in [-0.1, -0.05) is 38.1 Å². The molecule has 0 amide bonds. The summed E-state index contributed by atoms with van der Waals surface area (Å²) in [5, 5.41) is 15.6. The largest absolute Gasteiger partial charge is 0.456 e. The van der Waals surface area contributed by atoms with Gasteiger partial charge in [0.2, 0.25) is 0 Å². The van der Waals surface area contributed by atoms with Crippen LogP contribution < -0.4 is 5.32 Å². The number of hydrogen-bond donors (Lipinski definition) is 2. The molecule has 3 aromatic rings. The Labute approximate surface area is 118 Å². The Morgan fingerprint density at radius 1 is 1.05 bits per heavy atom. The van der Waals surface area contributed by atoms with E-state index in [0.29, 0.717) is 12.6 Å². The Hall–Kier alpha value is -1.84. The van der Waals surface area contributed by atoms with Gasteiger partial charge in [0.15, 0.2) is 0 Å². The van der Waals surface area contributed by atoms with E-state index in [9.17, 15) is 5.11 Å². The minimum atomic E-state index is -0.504. The van der Waals surface area contributed by atoms with E-state index in [4.69, 9.17) is 4.42 Å². The molecule has 2 aromatic carbocycles. The molecular weight excluding hydrogens is 250 g/mol. The van der Waals surface area contributed by atoms with Gasteiger partial charge in [-0.3, -0.25) is 0 Å². The second-order valence-corrected chi connectivity index (χ2v) is 5.43. The molecular formula is C17H19NO2. The summed E-state index contributed by atoms with van der Waals surface area (Å²) in [6.07, 6.45) is -0.504. The van der Waals surface area contributed by atoms with Gasteiger partial charge in [0.25, 0.3) is 0 Å². The van der Waals surface area contributed by atoms with Gasteiger partial charge in [0, 0.05) is 23.4 Å². The lowest BCUT2D eigenvalue weighted by atomic mass is 10.1. The van der Waals surface area contributed by atoms with E-state index in [1.807, 2.05) is 42.5 Å². The first-order valence-corrected chi connectivity index (χ1v) is 6.98. The SMILES string of the molecule is CC(C)NCC(O)c1ccc2oc3ccccc3c2c1. The quantitative estimate of drug-likeness (QED) is 0.760. The fourth-order valence-electron chi connectivity index (χ4n) is 2.42. The lowest BCUT2D eigenvalue weighted by molar-refractivity contribution is 0.172. The third kappa shape index (κ3) is 2.42. The number of fused-ring (bicyclic) bond motifs is 3. The van der Waals surface area contributed by atoms with Crippen molar-refractivity contribution in [3.05, 3.63) is 48.0 Å². The molecule has 3 heteroatoms. The molecule has 0 aliphatic carbocycles. The molecule has 1 unspecified atom stereocenters. The number of hydrogen-bond acceptors (Lipinski definition) is 3. The molecule has 2 N–H and O–H groups in total. The highest BCUT2D eigenvalue weighted by molar-refractivity contribution is 6.04. The lowest BCUT2D eigenvalue weighted by Crippen LogP contribution is -2.27. The van der Waals surface area contributed by atoms with Crippen LogP contribution in [0.15, 0.2) is 46.9 Å². The van der Waals surface area contributed by atoms with Crippen molar-refractivity contribution in [3.8, 4) is 0 Å². The first kappa shape index (κ1) is 13.2. The van der Waals surface area contributed by atoms with Crippen LogP contribution in [0, 0.1) is 0 Å². The van der Waals surface area contributed by atoms with Gasteiger partial charge < -0.3 is 14.8 Å². The van der Waals surface area contributed by atoms with Gasteiger partial charge in [-0.05, 0) is 23.8 Å². The Morgan fingerprint density at radius 3 is 2.60 bits per heavy atom. The summed E-state index contributed by atoms with van der Waals surface area (Å²) in [7, 11) is 0. The fraction of sp³-hybridized carbons (Fsp3) is 0.294. The van der Waals surface area contributed by atoms with Crippen molar-refractivity contribution in [2.45, 2.75) is 26.0 Å². The number of nitrogens with one attached hydrogen (secondary N) is 1. The smallest absolute Gasteiger partial charge is 0.135 e. The normalized spacial score (nSPS) is 13.4. The summed E-state index contributed by atoms with van der Waals surface area (Å²) in [4.78, 5) is 0. The minimum Gasteiger partial charge on any atom is -0.456 e. The third-order valence-electron chi connectivity index (χ3n) is 3.50. The fourth-order valence-corrected chi connectivity index (χ4v) is 2.42. The summed E-state index contributed by atoms with van der Waals surface area (Å²) in [5.41, 5.74) is 2.66. The molecule has 3 nitrogen and oxygen atoms in total. The number of aliphatic hydroxyl groups is 1. The van der Waals surface area contributed by atoms with Crippen LogP contribution in [0.5, 0.6) is 0 Å². The number of aliphatic hydroxyl groups excluding tert-OH is 1. The molecule has 0 spiro atoms. The number of furan rings is 1. The molecule has 0 aliphatic rings. The first-order chi connectivity index (χ1) is 9.65. The molecule has 0 radical (unpaired) electrons. The van der Waals surface area contributed by atoms with Crippen LogP contribution >= 0.6 is 0 Å². The zero-order chi connectivity index (χ0) is 14.1. The van der Waals surface area contributed by atoms with Gasteiger partial charge in [-0.15, -0.1) is 0 Å². The summed E-state index contributed by atoms with van der Waals surface area (Å²) in [5.74, 6) is 0. The molecule has 0 saturated carbocycles. The summed E-state index contributed by atoms with van der Waals surface area (Å²) < 4.78 is 5.79. The highest BCUT2D eigenvalue weighted by Crippen LogP contribution is 2.30. The molecule has 1 heterocycles. The van der Waals surface area contributed by atoms with Crippen molar-refractivity contribution in [2.75, 3.05) is 6.54 Å². The molecule has 20 heavy (non-hydrogen) atoms. The van der Waals surface area contributed by atoms with Gasteiger partial charge in [0.05, 0.1) is 6.10 Å². The van der Waals surface area contributed by atoms with Crippen molar-refractivity contribution < 1.29 is 9.52 Å². The average Bonchev–Trinajstić information content (AvgIpc) is 2.82. The van der Waals surface area contributed by atoms with Crippen LogP contribution in [0.3, 0.4) is 0 Å². The predicted molar refractivity (Wildman–Crippen MR) is 81.8 cm³/mol. The summed E-state index contributed by atoms with van der Waals surface area (Å²) >= 11 is 0. The van der Waals surface area contributed by atoms with Crippen LogP contribution in [0.25, 0.3) is 21.9 Å². The van der Waals surface area contributed by atoms with E-state index in [0.717, 1.165) is 27.5 Å². The Morgan fingerprint density at radius 2 is 1.80 bits per heavy atom. The zero-order valence-corrected chi connectivity index (χ0v) is 11.8. The van der Waals surface area contributed by atoms with E-state index in [1.165, 1.54) is 0 Å². The Kier molecular flexibility index (Phi) is 3.47. The van der Waals surface area contributed by atoms with Crippen molar-refractivity contribution in [3.63, 3.8) is 0 Å².